The molecule has 0 N–H and O–H groups in total. The fourth-order valence-electron chi connectivity index (χ4n) is 4.34. The van der Waals surface area contributed by atoms with Gasteiger partial charge >= 0.3 is 26.2 Å². The first-order chi connectivity index (χ1) is 14.9. The van der Waals surface area contributed by atoms with Gasteiger partial charge in [0.15, 0.2) is 0 Å². The van der Waals surface area contributed by atoms with Crippen LogP contribution in [0.1, 0.15) is 101 Å². The Bertz CT molecular complexity index is 667. The molecule has 3 fully saturated rings. The van der Waals surface area contributed by atoms with Crippen LogP contribution < -0.4 is 0 Å². The Morgan fingerprint density at radius 3 is 0.968 bits per heavy atom. The van der Waals surface area contributed by atoms with Gasteiger partial charge in [0.2, 0.25) is 0 Å². The zero-order valence-corrected chi connectivity index (χ0v) is 21.6. The van der Waals surface area contributed by atoms with E-state index in [-0.39, 0.29) is 26.2 Å². The summed E-state index contributed by atoms with van der Waals surface area (Å²) in [5.41, 5.74) is 4.98. The van der Waals surface area contributed by atoms with Crippen molar-refractivity contribution in [3.8, 4) is 0 Å². The molecule has 2 aromatic rings. The minimum absolute atomic E-state index is 0. The molecule has 3 aliphatic rings. The molecule has 0 heterocycles. The first kappa shape index (κ1) is 26.1. The molecule has 0 nitrogen and oxygen atoms in total. The van der Waals surface area contributed by atoms with E-state index >= 15 is 0 Å². The van der Waals surface area contributed by atoms with Crippen molar-refractivity contribution in [3.63, 3.8) is 0 Å². The summed E-state index contributed by atoms with van der Waals surface area (Å²) < 4.78 is 0. The van der Waals surface area contributed by atoms with Crippen LogP contribution in [0.15, 0.2) is 71.8 Å². The molecule has 0 saturated heterocycles. The molecule has 0 radical (unpaired) electrons. The maximum atomic E-state index is 3.57. The van der Waals surface area contributed by atoms with E-state index in [1.807, 2.05) is 12.1 Å². The monoisotopic (exact) mass is 488 g/mol. The molecule has 160 valence electrons. The fourth-order valence-corrected chi connectivity index (χ4v) is 4.34. The summed E-state index contributed by atoms with van der Waals surface area (Å²) >= 11 is 0. The van der Waals surface area contributed by atoms with Crippen molar-refractivity contribution in [2.24, 2.45) is 0 Å². The molecule has 31 heavy (non-hydrogen) atoms. The van der Waals surface area contributed by atoms with Crippen molar-refractivity contribution in [1.82, 2.24) is 0 Å². The molecular weight excluding hydrogens is 452 g/mol. The van der Waals surface area contributed by atoms with Gasteiger partial charge < -0.3 is 0 Å². The maximum Gasteiger partial charge on any atom is 4.00 e. The third-order valence-electron chi connectivity index (χ3n) is 6.11. The second-order valence-electron chi connectivity index (χ2n) is 8.68. The summed E-state index contributed by atoms with van der Waals surface area (Å²) in [4.78, 5) is 0. The van der Waals surface area contributed by atoms with Gasteiger partial charge in [-0.25, -0.2) is 11.1 Å². The molecule has 2 aromatic carbocycles. The minimum Gasteiger partial charge on any atom is -0.201 e. The van der Waals surface area contributed by atoms with Gasteiger partial charge in [0.1, 0.15) is 0 Å². The Kier molecular flexibility index (Phi) is 13.8. The predicted octanol–water partition coefficient (Wildman–Crippen LogP) is 9.01. The molecule has 3 aliphatic carbocycles. The quantitative estimate of drug-likeness (QED) is 0.369. The normalized spacial score (nSPS) is 20.3. The van der Waals surface area contributed by atoms with Gasteiger partial charge in [-0.3, -0.25) is 0 Å². The Hall–Kier alpha value is -1.20. The van der Waals surface area contributed by atoms with Crippen LogP contribution in [0, 0.1) is 12.2 Å². The van der Waals surface area contributed by atoms with Crippen LogP contribution in [0.3, 0.4) is 0 Å². The van der Waals surface area contributed by atoms with E-state index in [0.717, 1.165) is 24.0 Å². The number of allylic oxidation sites excluding steroid dienone is 2. The van der Waals surface area contributed by atoms with Crippen LogP contribution in [0.5, 0.6) is 0 Å². The van der Waals surface area contributed by atoms with Gasteiger partial charge in [-0.05, 0) is 0 Å². The number of rotatable bonds is 2. The van der Waals surface area contributed by atoms with E-state index < -0.39 is 0 Å². The Balaban J connectivity index is 0.000000254. The van der Waals surface area contributed by atoms with E-state index in [9.17, 15) is 0 Å². The average molecular weight is 490 g/mol. The van der Waals surface area contributed by atoms with Crippen LogP contribution in [0.4, 0.5) is 0 Å². The molecule has 1 heteroatoms. The molecule has 3 saturated carbocycles. The van der Waals surface area contributed by atoms with Gasteiger partial charge in [0.05, 0.1) is 0 Å². The van der Waals surface area contributed by atoms with Crippen molar-refractivity contribution in [2.75, 3.05) is 0 Å². The average Bonchev–Trinajstić information content (AvgIpc) is 3.56. The van der Waals surface area contributed by atoms with E-state index in [1.54, 1.807) is 0 Å². The number of hydrogen-bond donors (Lipinski definition) is 0. The maximum absolute atomic E-state index is 3.57. The van der Waals surface area contributed by atoms with Crippen LogP contribution >= 0.6 is 0 Å². The zero-order valence-electron chi connectivity index (χ0n) is 19.2. The number of benzene rings is 2. The van der Waals surface area contributed by atoms with E-state index in [0.29, 0.717) is 0 Å². The molecule has 5 rings (SSSR count). The van der Waals surface area contributed by atoms with Crippen molar-refractivity contribution < 1.29 is 26.2 Å². The van der Waals surface area contributed by atoms with Crippen molar-refractivity contribution in [2.45, 2.75) is 89.9 Å². The van der Waals surface area contributed by atoms with Crippen LogP contribution in [-0.4, -0.2) is 0 Å². The van der Waals surface area contributed by atoms with Crippen molar-refractivity contribution in [1.29, 1.82) is 0 Å². The summed E-state index contributed by atoms with van der Waals surface area (Å²) in [7, 11) is 0. The molecule has 0 amide bonds. The van der Waals surface area contributed by atoms with Gasteiger partial charge in [-0.15, -0.1) is 48.5 Å². The molecule has 0 aromatic heterocycles. The van der Waals surface area contributed by atoms with Gasteiger partial charge in [0.25, 0.3) is 0 Å². The topological polar surface area (TPSA) is 0 Å². The SMILES string of the molecule is C1CCCC1.C1CCCC1.[C-](=C1CCCCC1=[C-]c1ccccc1)c1ccccc1.[Zr+4]. The smallest absolute Gasteiger partial charge is 0.201 e. The third-order valence-corrected chi connectivity index (χ3v) is 6.11. The van der Waals surface area contributed by atoms with Gasteiger partial charge in [0, 0.05) is 0 Å². The van der Waals surface area contributed by atoms with Crippen LogP contribution in [0.25, 0.3) is 0 Å². The molecule has 0 unspecified atom stereocenters. The van der Waals surface area contributed by atoms with Crippen molar-refractivity contribution >= 4 is 0 Å². The molecular formula is C30H38Zr+2. The Morgan fingerprint density at radius 2 is 0.677 bits per heavy atom. The molecule has 0 bridgehead atoms. The van der Waals surface area contributed by atoms with Gasteiger partial charge in [-0.1, -0.05) is 102 Å². The zero-order chi connectivity index (χ0) is 20.7. The Morgan fingerprint density at radius 1 is 0.387 bits per heavy atom. The first-order valence-corrected chi connectivity index (χ1v) is 12.3. The predicted molar refractivity (Wildman–Crippen MR) is 129 cm³/mol. The first-order valence-electron chi connectivity index (χ1n) is 12.3. The summed E-state index contributed by atoms with van der Waals surface area (Å²) in [6.45, 7) is 0. The number of hydrogen-bond acceptors (Lipinski definition) is 0. The molecule has 0 atom stereocenters. The van der Waals surface area contributed by atoms with E-state index in [2.05, 4.69) is 60.7 Å². The van der Waals surface area contributed by atoms with Crippen molar-refractivity contribution in [3.05, 3.63) is 95.1 Å². The Labute approximate surface area is 210 Å². The summed E-state index contributed by atoms with van der Waals surface area (Å²) in [6, 6.07) is 20.8. The molecule has 0 aliphatic heterocycles. The standard InChI is InChI=1S/C20H18.2C5H10.Zr/c1-3-9-17(10-4-1)15-19-13-7-8-14-20(19)16-18-11-5-2-6-12-18;2*1-2-4-5-3-1;/h1-6,9-12H,7-8,13-14H2;2*1-5H2;/q-2;;;+4. The van der Waals surface area contributed by atoms with Gasteiger partial charge in [-0.2, -0.15) is 23.3 Å². The summed E-state index contributed by atoms with van der Waals surface area (Å²) in [5.74, 6) is 0. The largest absolute Gasteiger partial charge is 4.00 e. The van der Waals surface area contributed by atoms with Crippen LogP contribution in [0.2, 0.25) is 0 Å². The fraction of sp³-hybridized carbons (Fsp3) is 0.467. The summed E-state index contributed by atoms with van der Waals surface area (Å²) in [6.07, 6.45) is 26.9. The second kappa shape index (κ2) is 16.4. The van der Waals surface area contributed by atoms with E-state index in [1.165, 1.54) is 88.2 Å². The molecule has 0 spiro atoms. The third kappa shape index (κ3) is 10.8. The second-order valence-corrected chi connectivity index (χ2v) is 8.68. The summed E-state index contributed by atoms with van der Waals surface area (Å²) in [5, 5.41) is 0. The minimum atomic E-state index is 0. The van der Waals surface area contributed by atoms with E-state index in [4.69, 9.17) is 0 Å². The van der Waals surface area contributed by atoms with Crippen LogP contribution in [-0.2, 0) is 26.2 Å².